The SMILES string of the molecule is CC12CCC3c4ccc(OCCCNC(=O)c5ccc(-c6ccc(C(=O)N7CCC(O)C(O)C7)cc6)cc5)cc4CCC3C1CCC2O.Nc1cncc(C(F)(F)F)n1. The van der Waals surface area contributed by atoms with E-state index < -0.39 is 24.1 Å². The number of carbonyl (C=O) groups excluding carboxylic acids is 2. The molecule has 3 fully saturated rings. The first-order chi connectivity index (χ1) is 28.2. The summed E-state index contributed by atoms with van der Waals surface area (Å²) >= 11 is 0. The molecular formula is C45H52F3N5O6. The number of piperidine rings is 1. The van der Waals surface area contributed by atoms with Gasteiger partial charge in [-0.15, -0.1) is 0 Å². The summed E-state index contributed by atoms with van der Waals surface area (Å²) in [6.45, 7) is 3.91. The number of hydrogen-bond acceptors (Lipinski definition) is 9. The second kappa shape index (κ2) is 17.7. The molecule has 3 aromatic carbocycles. The van der Waals surface area contributed by atoms with Crippen LogP contribution in [-0.2, 0) is 12.6 Å². The van der Waals surface area contributed by atoms with E-state index in [1.165, 1.54) is 24.0 Å². The first-order valence-corrected chi connectivity index (χ1v) is 20.4. The van der Waals surface area contributed by atoms with Crippen molar-refractivity contribution in [1.82, 2.24) is 20.2 Å². The van der Waals surface area contributed by atoms with E-state index in [0.29, 0.717) is 67.6 Å². The highest BCUT2D eigenvalue weighted by Gasteiger charge is 2.54. The minimum absolute atomic E-state index is 0.102. The van der Waals surface area contributed by atoms with Gasteiger partial charge in [-0.1, -0.05) is 37.3 Å². The van der Waals surface area contributed by atoms with Crippen molar-refractivity contribution >= 4 is 17.6 Å². The van der Waals surface area contributed by atoms with Crippen LogP contribution < -0.4 is 15.8 Å². The largest absolute Gasteiger partial charge is 0.494 e. The summed E-state index contributed by atoms with van der Waals surface area (Å²) in [5, 5.41) is 33.3. The number of benzene rings is 3. The molecule has 14 heteroatoms. The van der Waals surface area contributed by atoms with Crippen LogP contribution in [0.5, 0.6) is 5.75 Å². The van der Waals surface area contributed by atoms with Gasteiger partial charge in [0.05, 0.1) is 37.3 Å². The van der Waals surface area contributed by atoms with E-state index in [-0.39, 0.29) is 35.7 Å². The molecule has 7 unspecified atom stereocenters. The summed E-state index contributed by atoms with van der Waals surface area (Å²) in [7, 11) is 0. The molecule has 11 nitrogen and oxygen atoms in total. The van der Waals surface area contributed by atoms with Crippen LogP contribution in [0.1, 0.15) is 95.3 Å². The zero-order valence-electron chi connectivity index (χ0n) is 33.1. The fraction of sp³-hybridized carbons (Fsp3) is 0.467. The number of nitrogens with zero attached hydrogens (tertiary/aromatic N) is 3. The smallest absolute Gasteiger partial charge is 0.434 e. The number of alkyl halides is 3. The van der Waals surface area contributed by atoms with Crippen LogP contribution in [0.4, 0.5) is 19.0 Å². The molecule has 1 aromatic heterocycles. The monoisotopic (exact) mass is 815 g/mol. The number of β-amino-alcohol motifs (C(OH)–C–C–N with tert-alkyl or cyclic N) is 1. The lowest BCUT2D eigenvalue weighted by molar-refractivity contribution is -0.141. The molecule has 0 bridgehead atoms. The van der Waals surface area contributed by atoms with Crippen molar-refractivity contribution in [3.05, 3.63) is 107 Å². The highest BCUT2D eigenvalue weighted by Crippen LogP contribution is 2.61. The summed E-state index contributed by atoms with van der Waals surface area (Å²) in [6, 6.07) is 21.3. The van der Waals surface area contributed by atoms with Crippen LogP contribution in [0.2, 0.25) is 0 Å². The lowest BCUT2D eigenvalue weighted by Gasteiger charge is -2.50. The molecule has 4 aliphatic rings. The minimum atomic E-state index is -4.47. The Balaban J connectivity index is 0.000000417. The first kappa shape index (κ1) is 42.1. The van der Waals surface area contributed by atoms with Gasteiger partial charge in [-0.2, -0.15) is 13.2 Å². The maximum atomic E-state index is 12.8. The number of rotatable bonds is 8. The fourth-order valence-electron chi connectivity index (χ4n) is 9.61. The molecule has 0 radical (unpaired) electrons. The number of carbonyl (C=O) groups is 2. The zero-order chi connectivity index (χ0) is 41.9. The van der Waals surface area contributed by atoms with Crippen LogP contribution in [0.15, 0.2) is 79.1 Å². The average molecular weight is 816 g/mol. The molecule has 0 spiro atoms. The number of likely N-dealkylation sites (tertiary alicyclic amines) is 1. The van der Waals surface area contributed by atoms with Crippen molar-refractivity contribution < 1.29 is 42.8 Å². The number of hydrogen-bond donors (Lipinski definition) is 5. The predicted octanol–water partition coefficient (Wildman–Crippen LogP) is 6.41. The number of anilines is 1. The van der Waals surface area contributed by atoms with Gasteiger partial charge in [0, 0.05) is 30.8 Å². The molecule has 314 valence electrons. The number of halogens is 3. The van der Waals surface area contributed by atoms with Crippen LogP contribution in [0, 0.1) is 17.3 Å². The fourth-order valence-corrected chi connectivity index (χ4v) is 9.61. The Bertz CT molecular complexity index is 2100. The van der Waals surface area contributed by atoms with E-state index in [1.807, 2.05) is 24.3 Å². The molecule has 1 aliphatic heterocycles. The van der Waals surface area contributed by atoms with Gasteiger partial charge in [0.2, 0.25) is 0 Å². The van der Waals surface area contributed by atoms with E-state index >= 15 is 0 Å². The van der Waals surface area contributed by atoms with E-state index in [2.05, 4.69) is 40.4 Å². The van der Waals surface area contributed by atoms with Crippen LogP contribution in [0.25, 0.3) is 11.1 Å². The van der Waals surface area contributed by atoms with Gasteiger partial charge in [-0.05, 0) is 133 Å². The number of nitrogen functional groups attached to an aromatic ring is 1. The summed E-state index contributed by atoms with van der Waals surface area (Å²) in [5.41, 5.74) is 9.90. The van der Waals surface area contributed by atoms with E-state index in [9.17, 15) is 38.1 Å². The Morgan fingerprint density at radius 1 is 0.915 bits per heavy atom. The summed E-state index contributed by atoms with van der Waals surface area (Å²) in [6.07, 6.45) is 3.11. The average Bonchev–Trinajstić information content (AvgIpc) is 3.54. The van der Waals surface area contributed by atoms with E-state index in [0.717, 1.165) is 48.8 Å². The zero-order valence-corrected chi connectivity index (χ0v) is 33.1. The Morgan fingerprint density at radius 3 is 2.29 bits per heavy atom. The highest BCUT2D eigenvalue weighted by atomic mass is 19.4. The number of ether oxygens (including phenoxy) is 1. The second-order valence-electron chi connectivity index (χ2n) is 16.5. The number of fused-ring (bicyclic) bond motifs is 5. The van der Waals surface area contributed by atoms with E-state index in [1.54, 1.807) is 29.2 Å². The maximum Gasteiger partial charge on any atom is 0.434 e. The molecule has 2 heterocycles. The number of aryl methyl sites for hydroxylation is 1. The summed E-state index contributed by atoms with van der Waals surface area (Å²) < 4.78 is 41.5. The molecule has 59 heavy (non-hydrogen) atoms. The Labute approximate surface area is 341 Å². The number of nitrogens with one attached hydrogen (secondary N) is 1. The standard InChI is InChI=1S/C40H48N2O6.C5H4F3N3/c1-40-19-17-32-31-14-12-30(23-29(31)11-13-33(32)34(40)15-16-37(40)45)48-22-2-20-41-38(46)27-7-3-25(4-8-27)26-5-9-28(10-6-26)39(47)42-21-18-35(43)36(44)24-42;6-5(7,8)3-1-10-2-4(9)11-3/h3-10,12,14,23,32-37,43-45H,2,11,13,15-22,24H2,1H3,(H,41,46);1-2H,(H2,9,11). The Kier molecular flexibility index (Phi) is 12.6. The molecule has 4 aromatic rings. The van der Waals surface area contributed by atoms with Crippen LogP contribution in [-0.4, -0.2) is 86.6 Å². The van der Waals surface area contributed by atoms with Gasteiger partial charge in [0.1, 0.15) is 11.6 Å². The summed E-state index contributed by atoms with van der Waals surface area (Å²) in [4.78, 5) is 33.5. The van der Waals surface area contributed by atoms with Gasteiger partial charge < -0.3 is 36.0 Å². The molecule has 8 rings (SSSR count). The van der Waals surface area contributed by atoms with Crippen LogP contribution in [0.3, 0.4) is 0 Å². The van der Waals surface area contributed by atoms with Crippen molar-refractivity contribution in [3.8, 4) is 16.9 Å². The lowest BCUT2D eigenvalue weighted by Crippen LogP contribution is -2.48. The second-order valence-corrected chi connectivity index (χ2v) is 16.5. The first-order valence-electron chi connectivity index (χ1n) is 20.4. The van der Waals surface area contributed by atoms with Crippen molar-refractivity contribution in [3.63, 3.8) is 0 Å². The maximum absolute atomic E-state index is 12.8. The molecule has 6 N–H and O–H groups in total. The molecular weight excluding hydrogens is 764 g/mol. The third-order valence-corrected chi connectivity index (χ3v) is 12.9. The number of aliphatic hydroxyl groups is 3. The van der Waals surface area contributed by atoms with Gasteiger partial charge in [0.25, 0.3) is 11.8 Å². The lowest BCUT2D eigenvalue weighted by atomic mass is 9.55. The van der Waals surface area contributed by atoms with E-state index in [4.69, 9.17) is 10.5 Å². The van der Waals surface area contributed by atoms with Crippen LogP contribution >= 0.6 is 0 Å². The van der Waals surface area contributed by atoms with Gasteiger partial charge >= 0.3 is 6.18 Å². The number of amides is 2. The van der Waals surface area contributed by atoms with Crippen molar-refractivity contribution in [2.24, 2.45) is 17.3 Å². The highest BCUT2D eigenvalue weighted by molar-refractivity contribution is 5.95. The minimum Gasteiger partial charge on any atom is -0.494 e. The third-order valence-electron chi connectivity index (χ3n) is 12.9. The van der Waals surface area contributed by atoms with Gasteiger partial charge in [-0.3, -0.25) is 14.6 Å². The Morgan fingerprint density at radius 2 is 1.63 bits per heavy atom. The quantitative estimate of drug-likeness (QED) is 0.126. The number of aromatic nitrogens is 2. The predicted molar refractivity (Wildman–Crippen MR) is 215 cm³/mol. The third kappa shape index (κ3) is 9.40. The molecule has 2 saturated carbocycles. The Hall–Kier alpha value is -5.05. The molecule has 1 saturated heterocycles. The normalized spacial score (nSPS) is 26.1. The molecule has 3 aliphatic carbocycles. The number of nitrogens with two attached hydrogens (primary N) is 1. The topological polar surface area (TPSA) is 171 Å². The summed E-state index contributed by atoms with van der Waals surface area (Å²) in [5.74, 6) is 2.29. The molecule has 2 amide bonds. The van der Waals surface area contributed by atoms with Crippen molar-refractivity contribution in [1.29, 1.82) is 0 Å². The molecule has 7 atom stereocenters. The number of aliphatic hydroxyl groups excluding tert-OH is 3. The van der Waals surface area contributed by atoms with Gasteiger partial charge in [-0.25, -0.2) is 4.98 Å². The van der Waals surface area contributed by atoms with Crippen molar-refractivity contribution in [2.75, 3.05) is 32.0 Å². The van der Waals surface area contributed by atoms with Gasteiger partial charge in [0.15, 0.2) is 5.69 Å². The van der Waals surface area contributed by atoms with Crippen molar-refractivity contribution in [2.45, 2.75) is 88.7 Å².